The van der Waals surface area contributed by atoms with Gasteiger partial charge in [-0.1, -0.05) is 6.92 Å². The Morgan fingerprint density at radius 3 is 2.71 bits per heavy atom. The number of piperidine rings is 1. The van der Waals surface area contributed by atoms with E-state index in [4.69, 9.17) is 11.6 Å². The van der Waals surface area contributed by atoms with Gasteiger partial charge in [0.25, 0.3) is 5.56 Å². The summed E-state index contributed by atoms with van der Waals surface area (Å²) in [5, 5.41) is 3.35. The van der Waals surface area contributed by atoms with E-state index in [0.29, 0.717) is 48.6 Å². The van der Waals surface area contributed by atoms with Gasteiger partial charge in [0.05, 0.1) is 11.9 Å². The predicted octanol–water partition coefficient (Wildman–Crippen LogP) is 2.14. The lowest BCUT2D eigenvalue weighted by Crippen LogP contribution is -2.35. The van der Waals surface area contributed by atoms with E-state index >= 15 is 0 Å². The van der Waals surface area contributed by atoms with Crippen LogP contribution in [-0.4, -0.2) is 57.6 Å². The minimum absolute atomic E-state index is 0.00940. The van der Waals surface area contributed by atoms with Crippen LogP contribution in [0, 0.1) is 23.2 Å². The van der Waals surface area contributed by atoms with Crippen molar-refractivity contribution in [1.29, 1.82) is 0 Å². The standard InChI is InChI=1S/C20H27ClN6O3S/c1-4-31(29,30)26-9-14-13(20(14,3)10-26)7-22-16-18(28)27(11(2)12-5-6-12)17-15(24-16)8-23-19(21)25-17/h8,11-14H,4-7,9-10H2,1-3H3,(H,22,24)/t11-,13?,14-,20+/m0/s1. The van der Waals surface area contributed by atoms with Crippen LogP contribution in [0.5, 0.6) is 0 Å². The zero-order valence-corrected chi connectivity index (χ0v) is 19.4. The molecule has 3 aliphatic rings. The summed E-state index contributed by atoms with van der Waals surface area (Å²) in [5.74, 6) is 1.49. The van der Waals surface area contributed by atoms with Gasteiger partial charge in [0, 0.05) is 25.7 Å². The normalized spacial score (nSPS) is 29.2. The molecule has 2 aromatic heterocycles. The number of aromatic nitrogens is 4. The highest BCUT2D eigenvalue weighted by Gasteiger charge is 2.66. The SMILES string of the molecule is CCS(=O)(=O)N1C[C@H]2C(CNc3nc4cnc(Cl)nc4n([C@@H](C)C4CC4)c3=O)[C@@]2(C)C1. The predicted molar refractivity (Wildman–Crippen MR) is 119 cm³/mol. The zero-order valence-electron chi connectivity index (χ0n) is 17.9. The summed E-state index contributed by atoms with van der Waals surface area (Å²) in [6, 6.07) is 0.00940. The molecule has 4 atom stereocenters. The van der Waals surface area contributed by atoms with Crippen LogP contribution >= 0.6 is 11.6 Å². The molecule has 0 radical (unpaired) electrons. The molecular weight excluding hydrogens is 440 g/mol. The first kappa shape index (κ1) is 21.1. The minimum Gasteiger partial charge on any atom is -0.365 e. The fraction of sp³-hybridized carbons (Fsp3) is 0.700. The van der Waals surface area contributed by atoms with Gasteiger partial charge >= 0.3 is 0 Å². The van der Waals surface area contributed by atoms with E-state index in [2.05, 4.69) is 27.2 Å². The summed E-state index contributed by atoms with van der Waals surface area (Å²) in [6.07, 6.45) is 3.74. The van der Waals surface area contributed by atoms with E-state index in [9.17, 15) is 13.2 Å². The van der Waals surface area contributed by atoms with E-state index in [1.807, 2.05) is 6.92 Å². The van der Waals surface area contributed by atoms with E-state index in [1.54, 1.807) is 22.0 Å². The van der Waals surface area contributed by atoms with Crippen LogP contribution in [0.15, 0.2) is 11.0 Å². The molecule has 3 fully saturated rings. The molecule has 0 amide bonds. The molecule has 9 nitrogen and oxygen atoms in total. The van der Waals surface area contributed by atoms with E-state index in [-0.39, 0.29) is 33.9 Å². The van der Waals surface area contributed by atoms with Crippen LogP contribution in [0.1, 0.15) is 39.7 Å². The van der Waals surface area contributed by atoms with Gasteiger partial charge in [0.1, 0.15) is 5.52 Å². The van der Waals surface area contributed by atoms with Gasteiger partial charge in [-0.05, 0) is 61.5 Å². The van der Waals surface area contributed by atoms with E-state index < -0.39 is 10.0 Å². The third-order valence-corrected chi connectivity index (χ3v) is 9.53. The summed E-state index contributed by atoms with van der Waals surface area (Å²) >= 11 is 5.99. The fourth-order valence-corrected chi connectivity index (χ4v) is 6.59. The second kappa shape index (κ2) is 7.11. The molecule has 1 aliphatic heterocycles. The molecule has 2 saturated carbocycles. The van der Waals surface area contributed by atoms with Gasteiger partial charge in [-0.2, -0.15) is 4.98 Å². The average molecular weight is 467 g/mol. The topological polar surface area (TPSA) is 110 Å². The molecule has 1 N–H and O–H groups in total. The molecule has 0 bridgehead atoms. The molecule has 2 aromatic rings. The first-order chi connectivity index (χ1) is 14.7. The third kappa shape index (κ3) is 3.43. The Morgan fingerprint density at radius 1 is 1.35 bits per heavy atom. The van der Waals surface area contributed by atoms with Crippen molar-refractivity contribution in [2.75, 3.05) is 30.7 Å². The number of nitrogens with zero attached hydrogens (tertiary/aromatic N) is 5. The number of hydrogen-bond acceptors (Lipinski definition) is 7. The van der Waals surface area contributed by atoms with Gasteiger partial charge < -0.3 is 5.32 Å². The van der Waals surface area contributed by atoms with Crippen LogP contribution in [0.4, 0.5) is 5.82 Å². The quantitative estimate of drug-likeness (QED) is 0.622. The van der Waals surface area contributed by atoms with Crippen molar-refractivity contribution in [3.8, 4) is 0 Å². The van der Waals surface area contributed by atoms with Crippen LogP contribution in [0.2, 0.25) is 5.28 Å². The van der Waals surface area contributed by atoms with Crippen molar-refractivity contribution in [3.63, 3.8) is 0 Å². The van der Waals surface area contributed by atoms with Crippen molar-refractivity contribution >= 4 is 38.6 Å². The Balaban J connectivity index is 1.38. The lowest BCUT2D eigenvalue weighted by Gasteiger charge is -2.21. The summed E-state index contributed by atoms with van der Waals surface area (Å²) in [4.78, 5) is 26.1. The highest BCUT2D eigenvalue weighted by atomic mass is 35.5. The van der Waals surface area contributed by atoms with Gasteiger partial charge in [-0.25, -0.2) is 22.7 Å². The van der Waals surface area contributed by atoms with Crippen LogP contribution in [0.3, 0.4) is 0 Å². The summed E-state index contributed by atoms with van der Waals surface area (Å²) in [5.41, 5.74) is 0.739. The van der Waals surface area contributed by atoms with Crippen LogP contribution in [0.25, 0.3) is 11.2 Å². The molecule has 2 aliphatic carbocycles. The van der Waals surface area contributed by atoms with Gasteiger partial charge in [-0.3, -0.25) is 9.36 Å². The largest absolute Gasteiger partial charge is 0.365 e. The Morgan fingerprint density at radius 2 is 2.10 bits per heavy atom. The molecule has 1 unspecified atom stereocenters. The number of sulfonamides is 1. The first-order valence-corrected chi connectivity index (χ1v) is 12.8. The van der Waals surface area contributed by atoms with Crippen molar-refractivity contribution < 1.29 is 8.42 Å². The minimum atomic E-state index is -3.16. The monoisotopic (exact) mass is 466 g/mol. The molecule has 5 rings (SSSR count). The average Bonchev–Trinajstić information content (AvgIpc) is 3.63. The van der Waals surface area contributed by atoms with E-state index in [0.717, 1.165) is 12.8 Å². The molecule has 1 saturated heterocycles. The maximum Gasteiger partial charge on any atom is 0.295 e. The zero-order chi connectivity index (χ0) is 22.1. The summed E-state index contributed by atoms with van der Waals surface area (Å²) in [6.45, 7) is 7.53. The molecule has 0 spiro atoms. The number of rotatable bonds is 7. The van der Waals surface area contributed by atoms with Crippen molar-refractivity contribution in [2.24, 2.45) is 23.2 Å². The fourth-order valence-electron chi connectivity index (χ4n) is 5.24. The van der Waals surface area contributed by atoms with E-state index in [1.165, 1.54) is 0 Å². The Labute approximate surface area is 186 Å². The smallest absolute Gasteiger partial charge is 0.295 e. The van der Waals surface area contributed by atoms with Crippen LogP contribution < -0.4 is 10.9 Å². The molecule has 0 aromatic carbocycles. The Kier molecular flexibility index (Phi) is 4.84. The lowest BCUT2D eigenvalue weighted by atomic mass is 10.1. The molecule has 168 valence electrons. The van der Waals surface area contributed by atoms with Gasteiger partial charge in [0.2, 0.25) is 15.3 Å². The Bertz CT molecular complexity index is 1210. The number of nitrogens with one attached hydrogen (secondary N) is 1. The molecular formula is C20H27ClN6O3S. The highest BCUT2D eigenvalue weighted by Crippen LogP contribution is 2.63. The maximum atomic E-state index is 13.3. The van der Waals surface area contributed by atoms with Crippen molar-refractivity contribution in [2.45, 2.75) is 39.7 Å². The third-order valence-electron chi connectivity index (χ3n) is 7.55. The highest BCUT2D eigenvalue weighted by molar-refractivity contribution is 7.89. The summed E-state index contributed by atoms with van der Waals surface area (Å²) < 4.78 is 27.7. The number of anilines is 1. The number of hydrogen-bond donors (Lipinski definition) is 1. The lowest BCUT2D eigenvalue weighted by molar-refractivity contribution is 0.378. The van der Waals surface area contributed by atoms with Gasteiger partial charge in [-0.15, -0.1) is 0 Å². The first-order valence-electron chi connectivity index (χ1n) is 10.8. The molecule has 11 heteroatoms. The summed E-state index contributed by atoms with van der Waals surface area (Å²) in [7, 11) is -3.16. The van der Waals surface area contributed by atoms with Crippen molar-refractivity contribution in [3.05, 3.63) is 21.8 Å². The van der Waals surface area contributed by atoms with Crippen LogP contribution in [-0.2, 0) is 10.0 Å². The second-order valence-electron chi connectivity index (χ2n) is 9.35. The number of halogens is 1. The Hall–Kier alpha value is -1.78. The maximum absolute atomic E-state index is 13.3. The second-order valence-corrected chi connectivity index (χ2v) is 11.9. The number of fused-ring (bicyclic) bond motifs is 2. The molecule has 31 heavy (non-hydrogen) atoms. The molecule has 3 heterocycles. The van der Waals surface area contributed by atoms with Gasteiger partial charge in [0.15, 0.2) is 11.5 Å². The van der Waals surface area contributed by atoms with Crippen molar-refractivity contribution in [1.82, 2.24) is 23.8 Å².